The van der Waals surface area contributed by atoms with Crippen molar-refractivity contribution in [3.8, 4) is 0 Å². The predicted molar refractivity (Wildman–Crippen MR) is 42.2 cm³/mol. The van der Waals surface area contributed by atoms with Gasteiger partial charge in [0.05, 0.1) is 23.0 Å². The van der Waals surface area contributed by atoms with Gasteiger partial charge in [0, 0.05) is 0 Å². The van der Waals surface area contributed by atoms with Crippen molar-refractivity contribution in [1.82, 2.24) is 9.59 Å². The number of alkyl halides is 3. The summed E-state index contributed by atoms with van der Waals surface area (Å²) < 4.78 is 39.3. The van der Waals surface area contributed by atoms with Crippen LogP contribution in [0.5, 0.6) is 0 Å². The summed E-state index contributed by atoms with van der Waals surface area (Å²) in [7, 11) is 0. The van der Waals surface area contributed by atoms with Crippen molar-refractivity contribution in [1.29, 1.82) is 0 Å². The molecule has 0 aliphatic carbocycles. The first-order chi connectivity index (χ1) is 5.90. The van der Waals surface area contributed by atoms with Crippen LogP contribution in [-0.4, -0.2) is 15.8 Å². The van der Waals surface area contributed by atoms with Crippen LogP contribution in [-0.2, 0) is 0 Å². The molecule has 0 saturated carbocycles. The van der Waals surface area contributed by atoms with Gasteiger partial charge in [-0.1, -0.05) is 4.49 Å². The van der Waals surface area contributed by atoms with E-state index in [1.807, 2.05) is 0 Å². The van der Waals surface area contributed by atoms with E-state index in [2.05, 4.69) is 9.59 Å². The maximum absolute atomic E-state index is 11.9. The molecule has 0 spiro atoms. The van der Waals surface area contributed by atoms with Crippen LogP contribution in [0.4, 0.5) is 13.2 Å². The molecule has 0 unspecified atom stereocenters. The maximum Gasteiger partial charge on any atom is 0.390 e. The first-order valence-corrected chi connectivity index (χ1v) is 4.28. The van der Waals surface area contributed by atoms with Gasteiger partial charge in [0.15, 0.2) is 0 Å². The number of nitrogens with two attached hydrogens (primary N) is 1. The molecule has 0 saturated heterocycles. The number of aryl methyl sites for hydroxylation is 1. The average molecular weight is 211 g/mol. The molecule has 0 fully saturated rings. The Labute approximate surface area is 76.9 Å². The number of nitrogens with zero attached hydrogens (tertiary/aromatic N) is 2. The number of halogens is 3. The SMILES string of the molecule is Cc1nnsc1[C@H](N)CC(F)(F)F. The molecule has 1 heterocycles. The quantitative estimate of drug-likeness (QED) is 0.811. The molecule has 0 amide bonds. The van der Waals surface area contributed by atoms with Gasteiger partial charge >= 0.3 is 6.18 Å². The fourth-order valence-corrected chi connectivity index (χ4v) is 1.56. The minimum atomic E-state index is -4.24. The van der Waals surface area contributed by atoms with Gasteiger partial charge in [0.2, 0.25) is 0 Å². The number of hydrogen-bond donors (Lipinski definition) is 1. The average Bonchev–Trinajstić information content (AvgIpc) is 2.30. The Kier molecular flexibility index (Phi) is 2.87. The first-order valence-electron chi connectivity index (χ1n) is 3.51. The molecule has 1 atom stereocenters. The van der Waals surface area contributed by atoms with E-state index < -0.39 is 18.6 Å². The molecule has 0 bridgehead atoms. The molecule has 0 radical (unpaired) electrons. The second-order valence-electron chi connectivity index (χ2n) is 2.65. The van der Waals surface area contributed by atoms with Crippen molar-refractivity contribution in [3.05, 3.63) is 10.6 Å². The fourth-order valence-electron chi connectivity index (χ4n) is 0.919. The smallest absolute Gasteiger partial charge is 0.323 e. The third kappa shape index (κ3) is 2.92. The van der Waals surface area contributed by atoms with Crippen LogP contribution in [0.2, 0.25) is 0 Å². The summed E-state index contributed by atoms with van der Waals surface area (Å²) in [5, 5.41) is 3.59. The van der Waals surface area contributed by atoms with E-state index >= 15 is 0 Å². The Morgan fingerprint density at radius 1 is 1.54 bits per heavy atom. The van der Waals surface area contributed by atoms with Crippen LogP contribution in [0.1, 0.15) is 23.0 Å². The van der Waals surface area contributed by atoms with Crippen molar-refractivity contribution < 1.29 is 13.2 Å². The lowest BCUT2D eigenvalue weighted by Crippen LogP contribution is -2.19. The molecule has 1 aromatic rings. The summed E-state index contributed by atoms with van der Waals surface area (Å²) in [6.45, 7) is 1.59. The summed E-state index contributed by atoms with van der Waals surface area (Å²) in [6, 6.07) is -1.04. The van der Waals surface area contributed by atoms with Gasteiger partial charge in [0.25, 0.3) is 0 Å². The van der Waals surface area contributed by atoms with Crippen LogP contribution < -0.4 is 5.73 Å². The molecular formula is C6H8F3N3S. The molecule has 7 heteroatoms. The molecule has 0 aliphatic heterocycles. The van der Waals surface area contributed by atoms with Gasteiger partial charge in [-0.3, -0.25) is 0 Å². The Morgan fingerprint density at radius 2 is 2.15 bits per heavy atom. The molecule has 1 rings (SSSR count). The molecule has 13 heavy (non-hydrogen) atoms. The highest BCUT2D eigenvalue weighted by Gasteiger charge is 2.32. The van der Waals surface area contributed by atoms with Gasteiger partial charge in [0.1, 0.15) is 0 Å². The van der Waals surface area contributed by atoms with E-state index in [0.29, 0.717) is 10.6 Å². The Bertz CT molecular complexity index is 283. The van der Waals surface area contributed by atoms with E-state index in [-0.39, 0.29) is 0 Å². The fraction of sp³-hybridized carbons (Fsp3) is 0.667. The zero-order valence-electron chi connectivity index (χ0n) is 6.80. The van der Waals surface area contributed by atoms with Crippen LogP contribution in [0.15, 0.2) is 0 Å². The molecule has 0 aliphatic rings. The monoisotopic (exact) mass is 211 g/mol. The lowest BCUT2D eigenvalue weighted by atomic mass is 10.1. The standard InChI is InChI=1S/C6H8F3N3S/c1-3-5(13-12-11-3)4(10)2-6(7,8)9/h4H,2,10H2,1H3/t4-/m1/s1. The Balaban J connectivity index is 2.69. The highest BCUT2D eigenvalue weighted by molar-refractivity contribution is 7.05. The van der Waals surface area contributed by atoms with Gasteiger partial charge < -0.3 is 5.73 Å². The van der Waals surface area contributed by atoms with Gasteiger partial charge in [-0.25, -0.2) is 0 Å². The number of rotatable bonds is 2. The van der Waals surface area contributed by atoms with Gasteiger partial charge in [-0.05, 0) is 18.5 Å². The van der Waals surface area contributed by atoms with Crippen molar-refractivity contribution in [3.63, 3.8) is 0 Å². The van der Waals surface area contributed by atoms with Crippen molar-refractivity contribution in [2.75, 3.05) is 0 Å². The van der Waals surface area contributed by atoms with Crippen molar-refractivity contribution in [2.45, 2.75) is 25.6 Å². The topological polar surface area (TPSA) is 51.8 Å². The Morgan fingerprint density at radius 3 is 2.54 bits per heavy atom. The van der Waals surface area contributed by atoms with E-state index in [9.17, 15) is 13.2 Å². The summed E-state index contributed by atoms with van der Waals surface area (Å²) in [6.07, 6.45) is -5.27. The Hall–Kier alpha value is -0.690. The largest absolute Gasteiger partial charge is 0.390 e. The summed E-state index contributed by atoms with van der Waals surface area (Å²) in [4.78, 5) is 0.400. The van der Waals surface area contributed by atoms with Crippen molar-refractivity contribution >= 4 is 11.5 Å². The lowest BCUT2D eigenvalue weighted by molar-refractivity contribution is -0.138. The molecule has 74 valence electrons. The zero-order valence-corrected chi connectivity index (χ0v) is 7.61. The molecule has 2 N–H and O–H groups in total. The third-order valence-corrected chi connectivity index (χ3v) is 2.43. The third-order valence-electron chi connectivity index (χ3n) is 1.47. The molecule has 3 nitrogen and oxygen atoms in total. The zero-order chi connectivity index (χ0) is 10.1. The van der Waals surface area contributed by atoms with Gasteiger partial charge in [-0.15, -0.1) is 5.10 Å². The summed E-state index contributed by atoms with van der Waals surface area (Å²) in [5.74, 6) is 0. The van der Waals surface area contributed by atoms with E-state index in [4.69, 9.17) is 5.73 Å². The second-order valence-corrected chi connectivity index (χ2v) is 3.43. The lowest BCUT2D eigenvalue weighted by Gasteiger charge is -2.11. The van der Waals surface area contributed by atoms with Crippen LogP contribution in [0, 0.1) is 6.92 Å². The van der Waals surface area contributed by atoms with Crippen LogP contribution >= 0.6 is 11.5 Å². The molecule has 1 aromatic heterocycles. The summed E-state index contributed by atoms with van der Waals surface area (Å²) in [5.41, 5.74) is 5.81. The van der Waals surface area contributed by atoms with Crippen LogP contribution in [0.3, 0.4) is 0 Å². The van der Waals surface area contributed by atoms with E-state index in [1.165, 1.54) is 0 Å². The minimum absolute atomic E-state index is 0.400. The van der Waals surface area contributed by atoms with E-state index in [0.717, 1.165) is 11.5 Å². The number of aromatic nitrogens is 2. The normalized spacial score (nSPS) is 14.5. The predicted octanol–water partition coefficient (Wildman–Crippen LogP) is 1.80. The van der Waals surface area contributed by atoms with E-state index in [1.54, 1.807) is 6.92 Å². The second kappa shape index (κ2) is 3.59. The maximum atomic E-state index is 11.9. The minimum Gasteiger partial charge on any atom is -0.323 e. The number of hydrogen-bond acceptors (Lipinski definition) is 4. The first kappa shape index (κ1) is 10.4. The molecule has 0 aromatic carbocycles. The molecular weight excluding hydrogens is 203 g/mol. The highest BCUT2D eigenvalue weighted by atomic mass is 32.1. The van der Waals surface area contributed by atoms with Gasteiger partial charge in [-0.2, -0.15) is 13.2 Å². The highest BCUT2D eigenvalue weighted by Crippen LogP contribution is 2.30. The van der Waals surface area contributed by atoms with Crippen LogP contribution in [0.25, 0.3) is 0 Å². The van der Waals surface area contributed by atoms with Crippen molar-refractivity contribution in [2.24, 2.45) is 5.73 Å². The summed E-state index contributed by atoms with van der Waals surface area (Å²) >= 11 is 0.912.